The van der Waals surface area contributed by atoms with Crippen molar-refractivity contribution < 1.29 is 13.9 Å². The van der Waals surface area contributed by atoms with Crippen molar-refractivity contribution in [2.24, 2.45) is 0 Å². The Balaban J connectivity index is 0.00000400. The number of carbonyl (C=O) groups excluding carboxylic acids is 1. The van der Waals surface area contributed by atoms with Crippen LogP contribution in [0.3, 0.4) is 0 Å². The third-order valence-corrected chi connectivity index (χ3v) is 3.22. The zero-order valence-corrected chi connectivity index (χ0v) is 14.4. The molecule has 120 valence electrons. The van der Waals surface area contributed by atoms with E-state index < -0.39 is 0 Å². The molecule has 1 amide bonds. The summed E-state index contributed by atoms with van der Waals surface area (Å²) in [4.78, 5) is 11.4. The molecule has 0 unspecified atom stereocenters. The lowest BCUT2D eigenvalue weighted by atomic mass is 10.1. The summed E-state index contributed by atoms with van der Waals surface area (Å²) in [7, 11) is 1.61. The van der Waals surface area contributed by atoms with Gasteiger partial charge in [-0.2, -0.15) is 0 Å². The van der Waals surface area contributed by atoms with Gasteiger partial charge in [-0.3, -0.25) is 4.79 Å². The van der Waals surface area contributed by atoms with Gasteiger partial charge in [0, 0.05) is 24.7 Å². The summed E-state index contributed by atoms with van der Waals surface area (Å²) >= 11 is 3.22. The lowest BCUT2D eigenvalue weighted by Gasteiger charge is -2.07. The van der Waals surface area contributed by atoms with Crippen LogP contribution in [0, 0.1) is 5.82 Å². The molecule has 4 nitrogen and oxygen atoms in total. The highest BCUT2D eigenvalue weighted by Gasteiger charge is 2.03. The number of aryl methyl sites for hydroxylation is 1. The van der Waals surface area contributed by atoms with Gasteiger partial charge in [0.2, 0.25) is 5.91 Å². The van der Waals surface area contributed by atoms with E-state index >= 15 is 0 Å². The maximum absolute atomic E-state index is 13.5. The maximum Gasteiger partial charge on any atom is 0.233 e. The lowest BCUT2D eigenvalue weighted by Crippen LogP contribution is -2.35. The summed E-state index contributed by atoms with van der Waals surface area (Å²) < 4.78 is 19.1. The van der Waals surface area contributed by atoms with E-state index in [1.807, 2.05) is 6.07 Å². The van der Waals surface area contributed by atoms with Crippen molar-refractivity contribution in [1.29, 1.82) is 0 Å². The molecule has 0 saturated carbocycles. The Morgan fingerprint density at radius 2 is 2.14 bits per heavy atom. The monoisotopic (exact) mass is 382 g/mol. The number of hydrogen-bond donors (Lipinski definition) is 2. The molecule has 7 heteroatoms. The van der Waals surface area contributed by atoms with Crippen molar-refractivity contribution in [1.82, 2.24) is 10.6 Å². The van der Waals surface area contributed by atoms with Crippen LogP contribution in [-0.4, -0.2) is 39.3 Å². The number of carbonyl (C=O) groups is 1. The number of ether oxygens (including phenoxy) is 1. The summed E-state index contributed by atoms with van der Waals surface area (Å²) in [5.74, 6) is -0.274. The highest BCUT2D eigenvalue weighted by Crippen LogP contribution is 2.16. The standard InChI is InChI=1S/C14H20BrFN2O2.ClH/c1-20-8-7-17-10-14(19)18-6-2-3-11-4-5-12(15)9-13(11)16;/h4-5,9,17H,2-3,6-8,10H2,1H3,(H,18,19);1H. The van der Waals surface area contributed by atoms with Crippen LogP contribution in [0.4, 0.5) is 4.39 Å². The van der Waals surface area contributed by atoms with Crippen molar-refractivity contribution in [3.8, 4) is 0 Å². The number of hydrogen-bond acceptors (Lipinski definition) is 3. The molecule has 1 aromatic rings. The third kappa shape index (κ3) is 9.03. The summed E-state index contributed by atoms with van der Waals surface area (Å²) in [6.07, 6.45) is 1.32. The Labute approximate surface area is 139 Å². The average Bonchev–Trinajstić information content (AvgIpc) is 2.41. The minimum absolute atomic E-state index is 0. The van der Waals surface area contributed by atoms with Crippen LogP contribution in [0.1, 0.15) is 12.0 Å². The van der Waals surface area contributed by atoms with Crippen LogP contribution in [-0.2, 0) is 16.0 Å². The molecule has 0 radical (unpaired) electrons. The molecule has 0 saturated heterocycles. The molecule has 0 aliphatic rings. The van der Waals surface area contributed by atoms with Crippen LogP contribution in [0.2, 0.25) is 0 Å². The van der Waals surface area contributed by atoms with Gasteiger partial charge >= 0.3 is 0 Å². The van der Waals surface area contributed by atoms with Crippen molar-refractivity contribution in [3.63, 3.8) is 0 Å². The number of nitrogens with one attached hydrogen (secondary N) is 2. The molecule has 0 aliphatic carbocycles. The Morgan fingerprint density at radius 3 is 2.81 bits per heavy atom. The number of amides is 1. The van der Waals surface area contributed by atoms with Gasteiger partial charge in [0.25, 0.3) is 0 Å². The summed E-state index contributed by atoms with van der Waals surface area (Å²) in [6.45, 7) is 2.04. The first-order valence-electron chi connectivity index (χ1n) is 6.53. The van der Waals surface area contributed by atoms with Gasteiger partial charge in [0.1, 0.15) is 5.82 Å². The molecule has 0 spiro atoms. The van der Waals surface area contributed by atoms with Crippen LogP contribution < -0.4 is 10.6 Å². The summed E-state index contributed by atoms with van der Waals surface area (Å²) in [5.41, 5.74) is 0.667. The van der Waals surface area contributed by atoms with E-state index in [9.17, 15) is 9.18 Å². The normalized spacial score (nSPS) is 10.0. The molecule has 1 rings (SSSR count). The van der Waals surface area contributed by atoms with Crippen molar-refractivity contribution >= 4 is 34.2 Å². The minimum atomic E-state index is -0.216. The van der Waals surface area contributed by atoms with E-state index in [2.05, 4.69) is 26.6 Å². The largest absolute Gasteiger partial charge is 0.383 e. The molecule has 0 atom stereocenters. The van der Waals surface area contributed by atoms with E-state index in [4.69, 9.17) is 4.74 Å². The second-order valence-corrected chi connectivity index (χ2v) is 5.27. The van der Waals surface area contributed by atoms with Gasteiger partial charge in [-0.1, -0.05) is 22.0 Å². The number of benzene rings is 1. The lowest BCUT2D eigenvalue weighted by molar-refractivity contribution is -0.120. The summed E-state index contributed by atoms with van der Waals surface area (Å²) in [5, 5.41) is 5.74. The van der Waals surface area contributed by atoms with Crippen molar-refractivity contribution in [2.45, 2.75) is 12.8 Å². The average molecular weight is 384 g/mol. The quantitative estimate of drug-likeness (QED) is 0.643. The van der Waals surface area contributed by atoms with E-state index in [0.717, 1.165) is 4.47 Å². The maximum atomic E-state index is 13.5. The fourth-order valence-electron chi connectivity index (χ4n) is 1.67. The molecule has 0 aromatic heterocycles. The van der Waals surface area contributed by atoms with E-state index in [-0.39, 0.29) is 30.7 Å². The fourth-order valence-corrected chi connectivity index (χ4v) is 2.00. The minimum Gasteiger partial charge on any atom is -0.383 e. The SMILES string of the molecule is COCCNCC(=O)NCCCc1ccc(Br)cc1F.Cl. The van der Waals surface area contributed by atoms with Crippen molar-refractivity contribution in [2.75, 3.05) is 33.4 Å². The zero-order chi connectivity index (χ0) is 14.8. The van der Waals surface area contributed by atoms with Crippen LogP contribution in [0.5, 0.6) is 0 Å². The van der Waals surface area contributed by atoms with Crippen molar-refractivity contribution in [3.05, 3.63) is 34.1 Å². The molecular weight excluding hydrogens is 363 g/mol. The van der Waals surface area contributed by atoms with E-state index in [1.54, 1.807) is 13.2 Å². The van der Waals surface area contributed by atoms with Gasteiger partial charge in [0.15, 0.2) is 0 Å². The predicted octanol–water partition coefficient (Wildman–Crippen LogP) is 2.29. The van der Waals surface area contributed by atoms with Crippen LogP contribution in [0.15, 0.2) is 22.7 Å². The second kappa shape index (κ2) is 11.9. The number of halogens is 3. The molecule has 0 aliphatic heterocycles. The van der Waals surface area contributed by atoms with Crippen LogP contribution >= 0.6 is 28.3 Å². The van der Waals surface area contributed by atoms with Gasteiger partial charge in [0.05, 0.1) is 13.2 Å². The molecule has 21 heavy (non-hydrogen) atoms. The molecule has 0 bridgehead atoms. The highest BCUT2D eigenvalue weighted by molar-refractivity contribution is 9.10. The van der Waals surface area contributed by atoms with Gasteiger partial charge < -0.3 is 15.4 Å². The Morgan fingerprint density at radius 1 is 1.38 bits per heavy atom. The Bertz CT molecular complexity index is 435. The van der Waals surface area contributed by atoms with E-state index in [1.165, 1.54) is 6.07 Å². The molecule has 2 N–H and O–H groups in total. The molecular formula is C14H21BrClFN2O2. The Kier molecular flexibility index (Phi) is 11.5. The topological polar surface area (TPSA) is 50.4 Å². The molecule has 1 aromatic carbocycles. The zero-order valence-electron chi connectivity index (χ0n) is 12.0. The van der Waals surface area contributed by atoms with Gasteiger partial charge in [-0.25, -0.2) is 4.39 Å². The summed E-state index contributed by atoms with van der Waals surface area (Å²) in [6, 6.07) is 5.03. The number of methoxy groups -OCH3 is 1. The fraction of sp³-hybridized carbons (Fsp3) is 0.500. The van der Waals surface area contributed by atoms with Crippen LogP contribution in [0.25, 0.3) is 0 Å². The molecule has 0 fully saturated rings. The first kappa shape index (κ1) is 20.3. The molecule has 0 heterocycles. The smallest absolute Gasteiger partial charge is 0.233 e. The first-order chi connectivity index (χ1) is 9.63. The van der Waals surface area contributed by atoms with Gasteiger partial charge in [-0.15, -0.1) is 12.4 Å². The van der Waals surface area contributed by atoms with E-state index in [0.29, 0.717) is 38.1 Å². The van der Waals surface area contributed by atoms with Gasteiger partial charge in [-0.05, 0) is 30.5 Å². The first-order valence-corrected chi connectivity index (χ1v) is 7.33. The second-order valence-electron chi connectivity index (χ2n) is 4.36. The third-order valence-electron chi connectivity index (χ3n) is 2.73. The highest BCUT2D eigenvalue weighted by atomic mass is 79.9. The predicted molar refractivity (Wildman–Crippen MR) is 87.4 cm³/mol. The number of rotatable bonds is 9. The Hall–Kier alpha value is -0.690.